The molecule has 2 amide bonds. The molecule has 6 nitrogen and oxygen atoms in total. The molecule has 1 aromatic rings. The standard InChI is InChI=1S/C16H17F2N3O3/c17-12-3-1-11(15(20)23)14(18)10(12)2-4-13(22)21-16(9-19)5-7-24-8-6-16/h1,3H,2,4-8H2,(H2,20,23)(H,21,22). The zero-order valence-corrected chi connectivity index (χ0v) is 12.9. The van der Waals surface area contributed by atoms with Crippen molar-refractivity contribution in [2.45, 2.75) is 31.2 Å². The molecule has 1 fully saturated rings. The second kappa shape index (κ2) is 7.36. The Morgan fingerprint density at radius 1 is 1.33 bits per heavy atom. The third-order valence-electron chi connectivity index (χ3n) is 3.99. The molecule has 1 saturated heterocycles. The summed E-state index contributed by atoms with van der Waals surface area (Å²) < 4.78 is 33.0. The van der Waals surface area contributed by atoms with E-state index in [4.69, 9.17) is 10.5 Å². The fourth-order valence-corrected chi connectivity index (χ4v) is 2.57. The van der Waals surface area contributed by atoms with Gasteiger partial charge in [-0.15, -0.1) is 0 Å². The van der Waals surface area contributed by atoms with Crippen molar-refractivity contribution in [3.8, 4) is 6.07 Å². The molecule has 1 aliphatic heterocycles. The number of rotatable bonds is 5. The van der Waals surface area contributed by atoms with Crippen LogP contribution in [0.25, 0.3) is 0 Å². The third-order valence-corrected chi connectivity index (χ3v) is 3.99. The van der Waals surface area contributed by atoms with E-state index in [1.807, 2.05) is 0 Å². The Morgan fingerprint density at radius 3 is 2.58 bits per heavy atom. The van der Waals surface area contributed by atoms with Crippen molar-refractivity contribution in [3.63, 3.8) is 0 Å². The predicted molar refractivity (Wildman–Crippen MR) is 79.7 cm³/mol. The molecule has 0 spiro atoms. The van der Waals surface area contributed by atoms with E-state index >= 15 is 0 Å². The number of carbonyl (C=O) groups is 2. The second-order valence-electron chi connectivity index (χ2n) is 5.61. The average Bonchev–Trinajstić information content (AvgIpc) is 2.55. The number of hydrogen-bond acceptors (Lipinski definition) is 4. The number of benzene rings is 1. The minimum atomic E-state index is -1.06. The average molecular weight is 337 g/mol. The molecule has 1 heterocycles. The summed E-state index contributed by atoms with van der Waals surface area (Å²) in [4.78, 5) is 23.2. The number of carbonyl (C=O) groups excluding carboxylic acids is 2. The van der Waals surface area contributed by atoms with Crippen LogP contribution in [0.5, 0.6) is 0 Å². The van der Waals surface area contributed by atoms with Gasteiger partial charge in [0.2, 0.25) is 5.91 Å². The predicted octanol–water partition coefficient (Wildman–Crippen LogP) is 1.19. The maximum atomic E-state index is 14.1. The van der Waals surface area contributed by atoms with Gasteiger partial charge >= 0.3 is 0 Å². The largest absolute Gasteiger partial charge is 0.381 e. The van der Waals surface area contributed by atoms with Crippen LogP contribution in [-0.2, 0) is 16.0 Å². The molecular weight excluding hydrogens is 320 g/mol. The highest BCUT2D eigenvalue weighted by Gasteiger charge is 2.34. The zero-order valence-electron chi connectivity index (χ0n) is 12.9. The van der Waals surface area contributed by atoms with Crippen LogP contribution in [0.1, 0.15) is 35.2 Å². The number of nitrogens with zero attached hydrogens (tertiary/aromatic N) is 1. The van der Waals surface area contributed by atoms with Crippen LogP contribution in [0.3, 0.4) is 0 Å². The molecule has 3 N–H and O–H groups in total. The van der Waals surface area contributed by atoms with Gasteiger partial charge in [-0.2, -0.15) is 5.26 Å². The summed E-state index contributed by atoms with van der Waals surface area (Å²) in [5.74, 6) is -3.42. The third kappa shape index (κ3) is 3.86. The number of nitrogens with two attached hydrogens (primary N) is 1. The van der Waals surface area contributed by atoms with E-state index < -0.39 is 34.6 Å². The van der Waals surface area contributed by atoms with Crippen LogP contribution < -0.4 is 11.1 Å². The Morgan fingerprint density at radius 2 is 2.00 bits per heavy atom. The van der Waals surface area contributed by atoms with Gasteiger partial charge in [0.05, 0.1) is 11.6 Å². The fourth-order valence-electron chi connectivity index (χ4n) is 2.57. The van der Waals surface area contributed by atoms with Gasteiger partial charge in [0.1, 0.15) is 17.2 Å². The van der Waals surface area contributed by atoms with E-state index in [1.165, 1.54) is 0 Å². The molecule has 0 unspecified atom stereocenters. The molecule has 0 aliphatic carbocycles. The number of hydrogen-bond donors (Lipinski definition) is 2. The fraction of sp³-hybridized carbons (Fsp3) is 0.438. The second-order valence-corrected chi connectivity index (χ2v) is 5.61. The Hall–Kier alpha value is -2.53. The molecule has 0 radical (unpaired) electrons. The molecular formula is C16H17F2N3O3. The van der Waals surface area contributed by atoms with Crippen LogP contribution >= 0.6 is 0 Å². The SMILES string of the molecule is N#CC1(NC(=O)CCc2c(F)ccc(C(N)=O)c2F)CCOCC1. The zero-order chi connectivity index (χ0) is 17.7. The first-order valence-electron chi connectivity index (χ1n) is 7.45. The van der Waals surface area contributed by atoms with Crippen LogP contribution in [0.15, 0.2) is 12.1 Å². The lowest BCUT2D eigenvalue weighted by Crippen LogP contribution is -2.51. The molecule has 8 heteroatoms. The monoisotopic (exact) mass is 337 g/mol. The lowest BCUT2D eigenvalue weighted by molar-refractivity contribution is -0.123. The lowest BCUT2D eigenvalue weighted by atomic mass is 9.91. The number of nitriles is 1. The molecule has 24 heavy (non-hydrogen) atoms. The van der Waals surface area contributed by atoms with Crippen molar-refractivity contribution >= 4 is 11.8 Å². The Balaban J connectivity index is 2.05. The van der Waals surface area contributed by atoms with Crippen molar-refractivity contribution in [1.82, 2.24) is 5.32 Å². The molecule has 0 atom stereocenters. The van der Waals surface area contributed by atoms with E-state index in [0.29, 0.717) is 26.1 Å². The Bertz CT molecular complexity index is 695. The van der Waals surface area contributed by atoms with Crippen molar-refractivity contribution in [2.24, 2.45) is 5.73 Å². The number of halogens is 2. The van der Waals surface area contributed by atoms with Gasteiger partial charge < -0.3 is 15.8 Å². The number of primary amides is 1. The Labute approximate surface area is 137 Å². The number of amides is 2. The highest BCUT2D eigenvalue weighted by Crippen LogP contribution is 2.21. The van der Waals surface area contributed by atoms with Gasteiger partial charge in [-0.3, -0.25) is 9.59 Å². The van der Waals surface area contributed by atoms with Crippen molar-refractivity contribution < 1.29 is 23.1 Å². The van der Waals surface area contributed by atoms with Gasteiger partial charge in [-0.05, 0) is 18.6 Å². The van der Waals surface area contributed by atoms with E-state index in [-0.39, 0.29) is 18.4 Å². The summed E-state index contributed by atoms with van der Waals surface area (Å²) in [7, 11) is 0. The lowest BCUT2D eigenvalue weighted by Gasteiger charge is -2.31. The van der Waals surface area contributed by atoms with Crippen LogP contribution in [0, 0.1) is 23.0 Å². The normalized spacial score (nSPS) is 16.2. The molecule has 2 rings (SSSR count). The summed E-state index contributed by atoms with van der Waals surface area (Å²) in [5.41, 5.74) is 3.21. The minimum absolute atomic E-state index is 0.222. The van der Waals surface area contributed by atoms with Gasteiger partial charge in [0, 0.05) is 38.0 Å². The Kier molecular flexibility index (Phi) is 5.46. The summed E-state index contributed by atoms with van der Waals surface area (Å²) >= 11 is 0. The van der Waals surface area contributed by atoms with E-state index in [1.54, 1.807) is 0 Å². The molecule has 1 aliphatic rings. The minimum Gasteiger partial charge on any atom is -0.381 e. The first kappa shape index (κ1) is 17.8. The molecule has 0 aromatic heterocycles. The van der Waals surface area contributed by atoms with Crippen LogP contribution in [0.2, 0.25) is 0 Å². The summed E-state index contributed by atoms with van der Waals surface area (Å²) in [6.45, 7) is 0.718. The van der Waals surface area contributed by atoms with Gasteiger partial charge in [-0.25, -0.2) is 8.78 Å². The van der Waals surface area contributed by atoms with Gasteiger partial charge in [0.25, 0.3) is 5.91 Å². The molecule has 0 bridgehead atoms. The van der Waals surface area contributed by atoms with Crippen molar-refractivity contribution in [3.05, 3.63) is 34.9 Å². The topological polar surface area (TPSA) is 105 Å². The van der Waals surface area contributed by atoms with Crippen molar-refractivity contribution in [2.75, 3.05) is 13.2 Å². The summed E-state index contributed by atoms with van der Waals surface area (Å²) in [5, 5.41) is 11.9. The van der Waals surface area contributed by atoms with E-state index in [2.05, 4.69) is 11.4 Å². The van der Waals surface area contributed by atoms with Crippen LogP contribution in [0.4, 0.5) is 8.78 Å². The molecule has 1 aromatic carbocycles. The number of ether oxygens (including phenoxy) is 1. The summed E-state index contributed by atoms with van der Waals surface area (Å²) in [6, 6.07) is 3.97. The van der Waals surface area contributed by atoms with E-state index in [9.17, 15) is 23.6 Å². The maximum absolute atomic E-state index is 14.1. The van der Waals surface area contributed by atoms with Crippen LogP contribution in [-0.4, -0.2) is 30.6 Å². The summed E-state index contributed by atoms with van der Waals surface area (Å²) in [6.07, 6.45) is 0.243. The highest BCUT2D eigenvalue weighted by atomic mass is 19.1. The molecule has 128 valence electrons. The highest BCUT2D eigenvalue weighted by molar-refractivity contribution is 5.93. The first-order chi connectivity index (χ1) is 11.4. The van der Waals surface area contributed by atoms with E-state index in [0.717, 1.165) is 12.1 Å². The first-order valence-corrected chi connectivity index (χ1v) is 7.45. The van der Waals surface area contributed by atoms with Gasteiger partial charge in [0.15, 0.2) is 0 Å². The van der Waals surface area contributed by atoms with Gasteiger partial charge in [-0.1, -0.05) is 0 Å². The number of nitrogens with one attached hydrogen (secondary N) is 1. The van der Waals surface area contributed by atoms with Crippen molar-refractivity contribution in [1.29, 1.82) is 5.26 Å². The maximum Gasteiger partial charge on any atom is 0.251 e. The molecule has 0 saturated carbocycles. The quantitative estimate of drug-likeness (QED) is 0.842. The smallest absolute Gasteiger partial charge is 0.251 e.